The first-order valence-electron chi connectivity index (χ1n) is 9.83. The Labute approximate surface area is 164 Å². The van der Waals surface area contributed by atoms with Gasteiger partial charge in [0, 0.05) is 25.1 Å². The van der Waals surface area contributed by atoms with Crippen LogP contribution in [0.25, 0.3) is 0 Å². The molecular formula is C23H26FNO3. The second-order valence-electron chi connectivity index (χ2n) is 8.56. The number of carbonyl (C=O) groups excluding carboxylic acids is 1. The van der Waals surface area contributed by atoms with Crippen LogP contribution in [0.3, 0.4) is 0 Å². The van der Waals surface area contributed by atoms with Gasteiger partial charge in [-0.05, 0) is 79.1 Å². The molecule has 148 valence electrons. The Morgan fingerprint density at radius 1 is 1.14 bits per heavy atom. The van der Waals surface area contributed by atoms with E-state index in [4.69, 9.17) is 0 Å². The highest BCUT2D eigenvalue weighted by atomic mass is 19.1. The zero-order valence-electron chi connectivity index (χ0n) is 16.1. The van der Waals surface area contributed by atoms with E-state index in [-0.39, 0.29) is 17.3 Å². The van der Waals surface area contributed by atoms with E-state index in [1.807, 2.05) is 6.92 Å². The van der Waals surface area contributed by atoms with E-state index in [0.29, 0.717) is 30.4 Å². The summed E-state index contributed by atoms with van der Waals surface area (Å²) in [6.07, 6.45) is 2.00. The van der Waals surface area contributed by atoms with Crippen LogP contribution in [0.5, 0.6) is 5.75 Å². The van der Waals surface area contributed by atoms with E-state index >= 15 is 0 Å². The molecule has 0 spiro atoms. The second kappa shape index (κ2) is 7.30. The van der Waals surface area contributed by atoms with E-state index < -0.39 is 5.60 Å². The Morgan fingerprint density at radius 2 is 1.79 bits per heavy atom. The second-order valence-corrected chi connectivity index (χ2v) is 8.56. The van der Waals surface area contributed by atoms with E-state index in [1.54, 1.807) is 18.2 Å². The molecule has 1 saturated carbocycles. The molecule has 0 bridgehead atoms. The minimum Gasteiger partial charge on any atom is -0.508 e. The van der Waals surface area contributed by atoms with Gasteiger partial charge in [0.2, 0.25) is 0 Å². The first-order valence-corrected chi connectivity index (χ1v) is 9.83. The van der Waals surface area contributed by atoms with Gasteiger partial charge in [-0.15, -0.1) is 0 Å². The zero-order chi connectivity index (χ0) is 19.9. The number of aromatic hydroxyl groups is 1. The minimum atomic E-state index is -0.745. The number of aliphatic hydroxyl groups is 1. The molecule has 4 rings (SSSR count). The SMILES string of the molecule is Cc1cc(F)ccc1CC1(O)CC2CN(CC(=O)c3ccc(O)cc3)CC2C1. The van der Waals surface area contributed by atoms with Crippen molar-refractivity contribution in [2.75, 3.05) is 19.6 Å². The fourth-order valence-electron chi connectivity index (χ4n) is 4.99. The average molecular weight is 383 g/mol. The lowest BCUT2D eigenvalue weighted by Gasteiger charge is -2.26. The van der Waals surface area contributed by atoms with Gasteiger partial charge in [0.05, 0.1) is 12.1 Å². The highest BCUT2D eigenvalue weighted by Crippen LogP contribution is 2.45. The van der Waals surface area contributed by atoms with Gasteiger partial charge in [-0.25, -0.2) is 4.39 Å². The van der Waals surface area contributed by atoms with Crippen LogP contribution < -0.4 is 0 Å². The Bertz CT molecular complexity index is 866. The number of halogens is 1. The molecule has 0 aromatic heterocycles. The summed E-state index contributed by atoms with van der Waals surface area (Å²) in [6.45, 7) is 3.89. The van der Waals surface area contributed by atoms with Gasteiger partial charge in [-0.1, -0.05) is 6.07 Å². The Balaban J connectivity index is 1.35. The third-order valence-electron chi connectivity index (χ3n) is 6.32. The van der Waals surface area contributed by atoms with Crippen LogP contribution in [-0.2, 0) is 6.42 Å². The van der Waals surface area contributed by atoms with Crippen molar-refractivity contribution in [2.45, 2.75) is 31.8 Å². The number of Topliss-reactive ketones (excluding diaryl/α,β-unsaturated/α-hetero) is 1. The molecule has 2 fully saturated rings. The molecule has 0 radical (unpaired) electrons. The predicted molar refractivity (Wildman–Crippen MR) is 105 cm³/mol. The van der Waals surface area contributed by atoms with Gasteiger partial charge in [-0.2, -0.15) is 0 Å². The van der Waals surface area contributed by atoms with Crippen molar-refractivity contribution in [1.29, 1.82) is 0 Å². The third-order valence-corrected chi connectivity index (χ3v) is 6.32. The van der Waals surface area contributed by atoms with Gasteiger partial charge in [0.15, 0.2) is 5.78 Å². The van der Waals surface area contributed by atoms with Crippen LogP contribution in [0.4, 0.5) is 4.39 Å². The maximum absolute atomic E-state index is 13.3. The lowest BCUT2D eigenvalue weighted by Crippen LogP contribution is -2.34. The number of ketones is 1. The van der Waals surface area contributed by atoms with E-state index in [0.717, 1.165) is 37.1 Å². The number of phenols is 1. The molecule has 2 N–H and O–H groups in total. The summed E-state index contributed by atoms with van der Waals surface area (Å²) in [7, 11) is 0. The standard InChI is InChI=1S/C23H26FNO3/c1-15-8-20(24)5-2-17(15)9-23(28)10-18-12-25(13-19(18)11-23)14-22(27)16-3-6-21(26)7-4-16/h2-8,18-19,26,28H,9-14H2,1H3. The van der Waals surface area contributed by atoms with Crippen LogP contribution in [-0.4, -0.2) is 46.1 Å². The molecule has 2 atom stereocenters. The molecule has 2 aromatic carbocycles. The fraction of sp³-hybridized carbons (Fsp3) is 0.435. The average Bonchev–Trinajstić information content (AvgIpc) is 3.12. The first-order chi connectivity index (χ1) is 13.3. The monoisotopic (exact) mass is 383 g/mol. The Hall–Kier alpha value is -2.24. The van der Waals surface area contributed by atoms with Crippen LogP contribution in [0.2, 0.25) is 0 Å². The molecule has 2 aliphatic rings. The maximum atomic E-state index is 13.3. The number of hydrogen-bond acceptors (Lipinski definition) is 4. The molecule has 1 aliphatic heterocycles. The molecule has 4 nitrogen and oxygen atoms in total. The largest absolute Gasteiger partial charge is 0.508 e. The summed E-state index contributed by atoms with van der Waals surface area (Å²) in [5, 5.41) is 20.5. The number of likely N-dealkylation sites (tertiary alicyclic amines) is 1. The minimum absolute atomic E-state index is 0.0529. The molecule has 1 saturated heterocycles. The van der Waals surface area contributed by atoms with Gasteiger partial charge in [-0.3, -0.25) is 9.69 Å². The number of benzene rings is 2. The van der Waals surface area contributed by atoms with Crippen molar-refractivity contribution in [3.63, 3.8) is 0 Å². The number of aryl methyl sites for hydroxylation is 1. The van der Waals surface area contributed by atoms with Gasteiger partial charge >= 0.3 is 0 Å². The lowest BCUT2D eigenvalue weighted by atomic mass is 9.89. The number of carbonyl (C=O) groups is 1. The number of nitrogens with zero attached hydrogens (tertiary/aromatic N) is 1. The smallest absolute Gasteiger partial charge is 0.176 e. The fourth-order valence-corrected chi connectivity index (χ4v) is 4.99. The van der Waals surface area contributed by atoms with Crippen LogP contribution >= 0.6 is 0 Å². The van der Waals surface area contributed by atoms with Gasteiger partial charge < -0.3 is 10.2 Å². The molecule has 0 amide bonds. The number of hydrogen-bond donors (Lipinski definition) is 2. The van der Waals surface area contributed by atoms with E-state index in [9.17, 15) is 19.4 Å². The molecule has 5 heteroatoms. The lowest BCUT2D eigenvalue weighted by molar-refractivity contribution is 0.0354. The van der Waals surface area contributed by atoms with Crippen LogP contribution in [0.15, 0.2) is 42.5 Å². The number of rotatable bonds is 5. The van der Waals surface area contributed by atoms with Crippen molar-refractivity contribution in [2.24, 2.45) is 11.8 Å². The summed E-state index contributed by atoms with van der Waals surface area (Å²) in [5.74, 6) is 0.738. The molecule has 2 unspecified atom stereocenters. The predicted octanol–water partition coefficient (Wildman–Crippen LogP) is 3.34. The first kappa shape index (κ1) is 19.1. The van der Waals surface area contributed by atoms with Gasteiger partial charge in [0.1, 0.15) is 11.6 Å². The quantitative estimate of drug-likeness (QED) is 0.778. The number of fused-ring (bicyclic) bond motifs is 1. The van der Waals surface area contributed by atoms with Crippen molar-refractivity contribution in [3.8, 4) is 5.75 Å². The summed E-state index contributed by atoms with van der Waals surface area (Å²) in [5.41, 5.74) is 1.75. The highest BCUT2D eigenvalue weighted by molar-refractivity contribution is 5.97. The third kappa shape index (κ3) is 3.96. The summed E-state index contributed by atoms with van der Waals surface area (Å²) in [4.78, 5) is 14.6. The maximum Gasteiger partial charge on any atom is 0.176 e. The summed E-state index contributed by atoms with van der Waals surface area (Å²) >= 11 is 0. The van der Waals surface area contributed by atoms with Crippen molar-refractivity contribution < 1.29 is 19.4 Å². The normalized spacial score (nSPS) is 27.1. The van der Waals surface area contributed by atoms with Gasteiger partial charge in [0.25, 0.3) is 0 Å². The molecule has 2 aromatic rings. The molecule has 1 heterocycles. The van der Waals surface area contributed by atoms with Crippen molar-refractivity contribution in [1.82, 2.24) is 4.90 Å². The van der Waals surface area contributed by atoms with Crippen LogP contribution in [0, 0.1) is 24.6 Å². The van der Waals surface area contributed by atoms with E-state index in [1.165, 1.54) is 24.3 Å². The topological polar surface area (TPSA) is 60.8 Å². The van der Waals surface area contributed by atoms with Crippen molar-refractivity contribution in [3.05, 3.63) is 65.0 Å². The highest BCUT2D eigenvalue weighted by Gasteiger charge is 2.48. The molecular weight excluding hydrogens is 357 g/mol. The van der Waals surface area contributed by atoms with Crippen LogP contribution in [0.1, 0.15) is 34.3 Å². The van der Waals surface area contributed by atoms with E-state index in [2.05, 4.69) is 4.90 Å². The Morgan fingerprint density at radius 3 is 2.39 bits per heavy atom. The number of phenolic OH excluding ortho intramolecular Hbond substituents is 1. The summed E-state index contributed by atoms with van der Waals surface area (Å²) < 4.78 is 13.3. The summed E-state index contributed by atoms with van der Waals surface area (Å²) in [6, 6.07) is 11.1. The molecule has 28 heavy (non-hydrogen) atoms. The molecule has 1 aliphatic carbocycles. The Kier molecular flexibility index (Phi) is 4.98. The van der Waals surface area contributed by atoms with Crippen molar-refractivity contribution >= 4 is 5.78 Å². The zero-order valence-corrected chi connectivity index (χ0v) is 16.1.